The van der Waals surface area contributed by atoms with Crippen LogP contribution in [0.2, 0.25) is 0 Å². The first-order valence-electron chi connectivity index (χ1n) is 8.94. The summed E-state index contributed by atoms with van der Waals surface area (Å²) in [7, 11) is 0. The van der Waals surface area contributed by atoms with Crippen molar-refractivity contribution in [3.63, 3.8) is 0 Å². The van der Waals surface area contributed by atoms with E-state index in [1.54, 1.807) is 0 Å². The largest absolute Gasteiger partial charge is 0.465 e. The molecular formula is C18H25NO5. The molecule has 4 heterocycles. The Morgan fingerprint density at radius 2 is 2.33 bits per heavy atom. The zero-order valence-electron chi connectivity index (χ0n) is 14.3. The summed E-state index contributed by atoms with van der Waals surface area (Å²) in [5, 5.41) is 0. The highest BCUT2D eigenvalue weighted by molar-refractivity contribution is 5.91. The molecule has 4 aliphatic rings. The van der Waals surface area contributed by atoms with E-state index < -0.39 is 17.4 Å². The maximum atomic E-state index is 13.0. The van der Waals surface area contributed by atoms with Crippen molar-refractivity contribution >= 4 is 11.9 Å². The highest BCUT2D eigenvalue weighted by Gasteiger charge is 2.67. The average Bonchev–Trinajstić information content (AvgIpc) is 3.28. The van der Waals surface area contributed by atoms with Gasteiger partial charge in [-0.3, -0.25) is 9.59 Å². The molecule has 0 radical (unpaired) electrons. The summed E-state index contributed by atoms with van der Waals surface area (Å²) < 4.78 is 17.1. The maximum absolute atomic E-state index is 13.0. The first-order valence-corrected chi connectivity index (χ1v) is 8.94. The second kappa shape index (κ2) is 5.85. The van der Waals surface area contributed by atoms with Gasteiger partial charge in [0.2, 0.25) is 5.91 Å². The van der Waals surface area contributed by atoms with Gasteiger partial charge in [-0.25, -0.2) is 0 Å². The van der Waals surface area contributed by atoms with E-state index >= 15 is 0 Å². The molecule has 5 atom stereocenters. The van der Waals surface area contributed by atoms with Crippen molar-refractivity contribution in [1.29, 1.82) is 0 Å². The molecule has 2 bridgehead atoms. The number of hydrogen-bond donors (Lipinski definition) is 0. The number of esters is 1. The molecule has 0 N–H and O–H groups in total. The van der Waals surface area contributed by atoms with E-state index in [9.17, 15) is 9.59 Å². The number of amides is 1. The van der Waals surface area contributed by atoms with Crippen LogP contribution in [0.5, 0.6) is 0 Å². The summed E-state index contributed by atoms with van der Waals surface area (Å²) in [6.07, 6.45) is 5.70. The lowest BCUT2D eigenvalue weighted by atomic mass is 9.77. The molecule has 1 amide bonds. The Bertz CT molecular complexity index is 568. The summed E-state index contributed by atoms with van der Waals surface area (Å²) in [5.74, 6) is -1.00. The SMILES string of the molecule is CC(C)COC(=O)[C@H]1[C@H]2C(=O)N(C[C@H]3CCCO3)C[C@]23C=C[C@H]1O3. The fourth-order valence-electron chi connectivity index (χ4n) is 4.38. The first-order chi connectivity index (χ1) is 11.5. The summed E-state index contributed by atoms with van der Waals surface area (Å²) >= 11 is 0. The van der Waals surface area contributed by atoms with E-state index in [0.29, 0.717) is 19.7 Å². The normalized spacial score (nSPS) is 40.0. The van der Waals surface area contributed by atoms with Crippen LogP contribution in [0.3, 0.4) is 0 Å². The van der Waals surface area contributed by atoms with Gasteiger partial charge in [0.25, 0.3) is 0 Å². The van der Waals surface area contributed by atoms with Crippen LogP contribution in [0.1, 0.15) is 26.7 Å². The topological polar surface area (TPSA) is 65.1 Å². The van der Waals surface area contributed by atoms with Gasteiger partial charge in [-0.15, -0.1) is 0 Å². The number of ether oxygens (including phenoxy) is 3. The Labute approximate surface area is 142 Å². The molecule has 3 saturated heterocycles. The van der Waals surface area contributed by atoms with Gasteiger partial charge >= 0.3 is 5.97 Å². The minimum absolute atomic E-state index is 0.00356. The third-order valence-electron chi connectivity index (χ3n) is 5.46. The number of fused-ring (bicyclic) bond motifs is 1. The Balaban J connectivity index is 1.50. The molecule has 0 saturated carbocycles. The van der Waals surface area contributed by atoms with Gasteiger partial charge in [0.15, 0.2) is 0 Å². The van der Waals surface area contributed by atoms with Crippen molar-refractivity contribution < 1.29 is 23.8 Å². The van der Waals surface area contributed by atoms with E-state index in [1.165, 1.54) is 0 Å². The summed E-state index contributed by atoms with van der Waals surface area (Å²) in [4.78, 5) is 27.3. The molecule has 6 nitrogen and oxygen atoms in total. The van der Waals surface area contributed by atoms with E-state index in [4.69, 9.17) is 14.2 Å². The average molecular weight is 335 g/mol. The minimum Gasteiger partial charge on any atom is -0.465 e. The summed E-state index contributed by atoms with van der Waals surface area (Å²) in [5.41, 5.74) is -0.651. The summed E-state index contributed by atoms with van der Waals surface area (Å²) in [6, 6.07) is 0. The molecule has 4 rings (SSSR count). The zero-order chi connectivity index (χ0) is 16.9. The Kier molecular flexibility index (Phi) is 3.92. The molecule has 1 spiro atoms. The number of nitrogens with zero attached hydrogens (tertiary/aromatic N) is 1. The van der Waals surface area contributed by atoms with Gasteiger partial charge in [-0.2, -0.15) is 0 Å². The van der Waals surface area contributed by atoms with Crippen LogP contribution in [0.25, 0.3) is 0 Å². The predicted octanol–water partition coefficient (Wildman–Crippen LogP) is 1.15. The van der Waals surface area contributed by atoms with Crippen molar-refractivity contribution in [2.45, 2.75) is 44.5 Å². The quantitative estimate of drug-likeness (QED) is 0.557. The van der Waals surface area contributed by atoms with Crippen LogP contribution >= 0.6 is 0 Å². The fraction of sp³-hybridized carbons (Fsp3) is 0.778. The van der Waals surface area contributed by atoms with E-state index in [1.807, 2.05) is 30.9 Å². The van der Waals surface area contributed by atoms with E-state index in [2.05, 4.69) is 0 Å². The third-order valence-corrected chi connectivity index (χ3v) is 5.46. The second-order valence-electron chi connectivity index (χ2n) is 7.78. The molecule has 0 aromatic heterocycles. The van der Waals surface area contributed by atoms with Crippen LogP contribution in [0.15, 0.2) is 12.2 Å². The second-order valence-corrected chi connectivity index (χ2v) is 7.78. The molecule has 0 aromatic carbocycles. The molecule has 132 valence electrons. The van der Waals surface area contributed by atoms with Crippen molar-refractivity contribution in [2.75, 3.05) is 26.3 Å². The van der Waals surface area contributed by atoms with Gasteiger partial charge in [0.1, 0.15) is 11.5 Å². The lowest BCUT2D eigenvalue weighted by Gasteiger charge is -2.23. The molecule has 24 heavy (non-hydrogen) atoms. The highest BCUT2D eigenvalue weighted by Crippen LogP contribution is 2.52. The molecule has 0 unspecified atom stereocenters. The Morgan fingerprint density at radius 1 is 1.50 bits per heavy atom. The Hall–Kier alpha value is -1.40. The number of hydrogen-bond acceptors (Lipinski definition) is 5. The van der Waals surface area contributed by atoms with Gasteiger partial charge in [-0.05, 0) is 18.8 Å². The molecule has 0 aliphatic carbocycles. The fourth-order valence-corrected chi connectivity index (χ4v) is 4.38. The number of likely N-dealkylation sites (tertiary alicyclic amines) is 1. The van der Waals surface area contributed by atoms with Gasteiger partial charge < -0.3 is 19.1 Å². The van der Waals surface area contributed by atoms with Crippen molar-refractivity contribution in [3.05, 3.63) is 12.2 Å². The lowest BCUT2D eigenvalue weighted by Crippen LogP contribution is -2.40. The lowest BCUT2D eigenvalue weighted by molar-refractivity contribution is -0.154. The number of carbonyl (C=O) groups excluding carboxylic acids is 2. The Morgan fingerprint density at radius 3 is 3.04 bits per heavy atom. The molecule has 0 aromatic rings. The third kappa shape index (κ3) is 2.47. The van der Waals surface area contributed by atoms with E-state index in [0.717, 1.165) is 19.4 Å². The van der Waals surface area contributed by atoms with Crippen LogP contribution in [-0.4, -0.2) is 60.9 Å². The van der Waals surface area contributed by atoms with Crippen molar-refractivity contribution in [2.24, 2.45) is 17.8 Å². The smallest absolute Gasteiger partial charge is 0.312 e. The van der Waals surface area contributed by atoms with E-state index in [-0.39, 0.29) is 30.0 Å². The molecule has 3 fully saturated rings. The predicted molar refractivity (Wildman–Crippen MR) is 85.1 cm³/mol. The van der Waals surface area contributed by atoms with Crippen LogP contribution in [0.4, 0.5) is 0 Å². The molecule has 6 heteroatoms. The highest BCUT2D eigenvalue weighted by atomic mass is 16.6. The standard InChI is InChI=1S/C18H25NO5/c1-11(2)9-23-17(21)14-13-5-6-18(24-13)10-19(16(20)15(14)18)8-12-4-3-7-22-12/h5-6,11-15H,3-4,7-10H2,1-2H3/t12-,13-,14-,15+,18-/m1/s1. The minimum atomic E-state index is -0.651. The summed E-state index contributed by atoms with van der Waals surface area (Å²) in [6.45, 7) is 6.24. The first kappa shape index (κ1) is 16.1. The van der Waals surface area contributed by atoms with Crippen molar-refractivity contribution in [1.82, 2.24) is 4.90 Å². The van der Waals surface area contributed by atoms with Gasteiger partial charge in [0, 0.05) is 13.2 Å². The van der Waals surface area contributed by atoms with Crippen LogP contribution < -0.4 is 0 Å². The monoisotopic (exact) mass is 335 g/mol. The van der Waals surface area contributed by atoms with Gasteiger partial charge in [-0.1, -0.05) is 26.0 Å². The maximum Gasteiger partial charge on any atom is 0.312 e. The number of rotatable bonds is 5. The van der Waals surface area contributed by atoms with Crippen molar-refractivity contribution in [3.8, 4) is 0 Å². The van der Waals surface area contributed by atoms with Crippen LogP contribution in [0, 0.1) is 17.8 Å². The molecule has 4 aliphatic heterocycles. The van der Waals surface area contributed by atoms with Crippen LogP contribution in [-0.2, 0) is 23.8 Å². The van der Waals surface area contributed by atoms with Gasteiger partial charge in [0.05, 0.1) is 31.3 Å². The zero-order valence-corrected chi connectivity index (χ0v) is 14.3. The number of carbonyl (C=O) groups is 2. The molecular weight excluding hydrogens is 310 g/mol.